The van der Waals surface area contributed by atoms with Crippen LogP contribution in [0, 0.1) is 11.7 Å². The van der Waals surface area contributed by atoms with Crippen molar-refractivity contribution in [3.8, 4) is 5.69 Å². The third-order valence-corrected chi connectivity index (χ3v) is 5.00. The Kier molecular flexibility index (Phi) is 5.06. The van der Waals surface area contributed by atoms with Crippen LogP contribution in [0.15, 0.2) is 36.7 Å². The SMILES string of the molecule is COC(=O)C1(NC(=O)c2cnn(-c3ccccc3F)c2)CCC(C)CC1. The lowest BCUT2D eigenvalue weighted by atomic mass is 9.77. The molecule has 0 radical (unpaired) electrons. The van der Waals surface area contributed by atoms with Crippen LogP contribution >= 0.6 is 0 Å². The van der Waals surface area contributed by atoms with Gasteiger partial charge in [-0.1, -0.05) is 19.1 Å². The molecule has 26 heavy (non-hydrogen) atoms. The minimum atomic E-state index is -1.02. The molecule has 3 rings (SSSR count). The van der Waals surface area contributed by atoms with Crippen molar-refractivity contribution in [1.29, 1.82) is 0 Å². The summed E-state index contributed by atoms with van der Waals surface area (Å²) in [6, 6.07) is 6.17. The van der Waals surface area contributed by atoms with Gasteiger partial charge in [0.25, 0.3) is 5.91 Å². The van der Waals surface area contributed by atoms with Crippen LogP contribution in [0.25, 0.3) is 5.69 Å². The number of hydrogen-bond acceptors (Lipinski definition) is 4. The van der Waals surface area contributed by atoms with E-state index in [1.54, 1.807) is 18.2 Å². The molecule has 0 unspecified atom stereocenters. The molecule has 1 N–H and O–H groups in total. The molecule has 1 aromatic heterocycles. The van der Waals surface area contributed by atoms with Crippen LogP contribution in [0.3, 0.4) is 0 Å². The van der Waals surface area contributed by atoms with E-state index in [0.717, 1.165) is 12.8 Å². The molecule has 1 saturated carbocycles. The molecule has 1 fully saturated rings. The van der Waals surface area contributed by atoms with Crippen LogP contribution in [-0.2, 0) is 9.53 Å². The minimum Gasteiger partial charge on any atom is -0.467 e. The molecule has 6 nitrogen and oxygen atoms in total. The number of carbonyl (C=O) groups excluding carboxylic acids is 2. The normalized spacial score (nSPS) is 22.7. The molecule has 1 aliphatic carbocycles. The van der Waals surface area contributed by atoms with Gasteiger partial charge < -0.3 is 10.1 Å². The van der Waals surface area contributed by atoms with Crippen molar-refractivity contribution in [2.45, 2.75) is 38.1 Å². The highest BCUT2D eigenvalue weighted by Crippen LogP contribution is 2.33. The van der Waals surface area contributed by atoms with Crippen LogP contribution in [0.1, 0.15) is 43.0 Å². The molecule has 7 heteroatoms. The molecule has 1 heterocycles. The van der Waals surface area contributed by atoms with E-state index in [2.05, 4.69) is 17.3 Å². The Labute approximate surface area is 151 Å². The van der Waals surface area contributed by atoms with Gasteiger partial charge in [0.1, 0.15) is 17.0 Å². The molecular weight excluding hydrogens is 337 g/mol. The second kappa shape index (κ2) is 7.27. The fourth-order valence-corrected chi connectivity index (χ4v) is 3.33. The number of rotatable bonds is 4. The second-order valence-corrected chi connectivity index (χ2v) is 6.84. The lowest BCUT2D eigenvalue weighted by Crippen LogP contribution is -2.56. The van der Waals surface area contributed by atoms with E-state index in [1.807, 2.05) is 0 Å². The van der Waals surface area contributed by atoms with Crippen molar-refractivity contribution in [3.05, 3.63) is 48.0 Å². The van der Waals surface area contributed by atoms with Gasteiger partial charge in [-0.3, -0.25) is 4.79 Å². The first kappa shape index (κ1) is 18.1. The number of ether oxygens (including phenoxy) is 1. The van der Waals surface area contributed by atoms with Crippen molar-refractivity contribution in [2.24, 2.45) is 5.92 Å². The predicted molar refractivity (Wildman–Crippen MR) is 93.4 cm³/mol. The molecule has 0 saturated heterocycles. The van der Waals surface area contributed by atoms with E-state index >= 15 is 0 Å². The smallest absolute Gasteiger partial charge is 0.331 e. The number of benzene rings is 1. The van der Waals surface area contributed by atoms with E-state index in [9.17, 15) is 14.0 Å². The Hall–Kier alpha value is -2.70. The number of amides is 1. The zero-order valence-electron chi connectivity index (χ0n) is 14.9. The largest absolute Gasteiger partial charge is 0.467 e. The van der Waals surface area contributed by atoms with Crippen LogP contribution in [-0.4, -0.2) is 34.3 Å². The number of nitrogens with zero attached hydrogens (tertiary/aromatic N) is 2. The zero-order valence-corrected chi connectivity index (χ0v) is 14.9. The summed E-state index contributed by atoms with van der Waals surface area (Å²) in [6.07, 6.45) is 5.55. The Bertz CT molecular complexity index is 810. The van der Waals surface area contributed by atoms with E-state index < -0.39 is 23.2 Å². The van der Waals surface area contributed by atoms with Crippen LogP contribution in [0.4, 0.5) is 4.39 Å². The van der Waals surface area contributed by atoms with Crippen molar-refractivity contribution >= 4 is 11.9 Å². The fourth-order valence-electron chi connectivity index (χ4n) is 3.33. The van der Waals surface area contributed by atoms with E-state index in [1.165, 1.54) is 30.3 Å². The van der Waals surface area contributed by atoms with Crippen LogP contribution in [0.2, 0.25) is 0 Å². The Morgan fingerprint density at radius 3 is 2.65 bits per heavy atom. The maximum absolute atomic E-state index is 13.9. The summed E-state index contributed by atoms with van der Waals surface area (Å²) in [7, 11) is 1.32. The molecular formula is C19H22FN3O3. The molecule has 0 bridgehead atoms. The molecule has 0 atom stereocenters. The molecule has 1 aromatic carbocycles. The molecule has 1 amide bonds. The average Bonchev–Trinajstić information content (AvgIpc) is 3.13. The van der Waals surface area contributed by atoms with Crippen LogP contribution in [0.5, 0.6) is 0 Å². The molecule has 2 aromatic rings. The second-order valence-electron chi connectivity index (χ2n) is 6.84. The van der Waals surface area contributed by atoms with Crippen molar-refractivity contribution in [2.75, 3.05) is 7.11 Å². The highest BCUT2D eigenvalue weighted by atomic mass is 19.1. The highest BCUT2D eigenvalue weighted by Gasteiger charge is 2.43. The molecule has 138 valence electrons. The van der Waals surface area contributed by atoms with Gasteiger partial charge in [-0.15, -0.1) is 0 Å². The van der Waals surface area contributed by atoms with Crippen molar-refractivity contribution in [1.82, 2.24) is 15.1 Å². The third-order valence-electron chi connectivity index (χ3n) is 5.00. The van der Waals surface area contributed by atoms with Gasteiger partial charge in [-0.2, -0.15) is 5.10 Å². The summed E-state index contributed by atoms with van der Waals surface area (Å²) < 4.78 is 20.1. The fraction of sp³-hybridized carbons (Fsp3) is 0.421. The van der Waals surface area contributed by atoms with Crippen molar-refractivity contribution < 1.29 is 18.7 Å². The summed E-state index contributed by atoms with van der Waals surface area (Å²) in [5, 5.41) is 6.90. The van der Waals surface area contributed by atoms with Gasteiger partial charge in [0.15, 0.2) is 0 Å². The summed E-state index contributed by atoms with van der Waals surface area (Å²) in [4.78, 5) is 25.0. The van der Waals surface area contributed by atoms with E-state index in [-0.39, 0.29) is 11.3 Å². The van der Waals surface area contributed by atoms with E-state index in [4.69, 9.17) is 4.74 Å². The number of methoxy groups -OCH3 is 1. The minimum absolute atomic E-state index is 0.251. The maximum Gasteiger partial charge on any atom is 0.331 e. The predicted octanol–water partition coefficient (Wildman–Crippen LogP) is 2.86. The van der Waals surface area contributed by atoms with Gasteiger partial charge >= 0.3 is 5.97 Å². The van der Waals surface area contributed by atoms with Crippen molar-refractivity contribution in [3.63, 3.8) is 0 Å². The number of para-hydroxylation sites is 1. The van der Waals surface area contributed by atoms with Crippen LogP contribution < -0.4 is 5.32 Å². The first-order valence-corrected chi connectivity index (χ1v) is 8.66. The number of aromatic nitrogens is 2. The Balaban J connectivity index is 1.81. The van der Waals surface area contributed by atoms with Gasteiger partial charge in [-0.05, 0) is 43.7 Å². The Morgan fingerprint density at radius 2 is 2.00 bits per heavy atom. The topological polar surface area (TPSA) is 73.2 Å². The number of nitrogens with one attached hydrogen (secondary N) is 1. The summed E-state index contributed by atoms with van der Waals surface area (Å²) in [5.41, 5.74) is -0.505. The molecule has 0 spiro atoms. The molecule has 0 aliphatic heterocycles. The zero-order chi connectivity index (χ0) is 18.7. The quantitative estimate of drug-likeness (QED) is 0.852. The Morgan fingerprint density at radius 1 is 1.31 bits per heavy atom. The number of carbonyl (C=O) groups is 2. The summed E-state index contributed by atoms with van der Waals surface area (Å²) >= 11 is 0. The number of halogens is 1. The summed E-state index contributed by atoms with van der Waals surface area (Å²) in [6.45, 7) is 2.13. The highest BCUT2D eigenvalue weighted by molar-refractivity contribution is 5.98. The maximum atomic E-state index is 13.9. The van der Waals surface area contributed by atoms with Gasteiger partial charge in [0, 0.05) is 6.20 Å². The van der Waals surface area contributed by atoms with E-state index in [0.29, 0.717) is 18.8 Å². The van der Waals surface area contributed by atoms with Gasteiger partial charge in [-0.25, -0.2) is 13.9 Å². The first-order chi connectivity index (χ1) is 12.4. The first-order valence-electron chi connectivity index (χ1n) is 8.66. The van der Waals surface area contributed by atoms with Gasteiger partial charge in [0.2, 0.25) is 0 Å². The van der Waals surface area contributed by atoms with Gasteiger partial charge in [0.05, 0.1) is 18.9 Å². The number of esters is 1. The monoisotopic (exact) mass is 359 g/mol. The molecule has 1 aliphatic rings. The average molecular weight is 359 g/mol. The lowest BCUT2D eigenvalue weighted by molar-refractivity contribution is -0.150. The summed E-state index contributed by atoms with van der Waals surface area (Å²) in [5.74, 6) is -0.782. The third kappa shape index (κ3) is 3.47. The lowest BCUT2D eigenvalue weighted by Gasteiger charge is -2.37. The number of hydrogen-bond donors (Lipinski definition) is 1. The standard InChI is InChI=1S/C19H22FN3O3/c1-13-7-9-19(10-8-13,18(25)26-2)22-17(24)14-11-21-23(12-14)16-6-4-3-5-15(16)20/h3-6,11-13H,7-10H2,1-2H3,(H,22,24).